The van der Waals surface area contributed by atoms with Gasteiger partial charge in [-0.1, -0.05) is 12.1 Å². The molecule has 0 amide bonds. The minimum atomic E-state index is 0.853. The molecular weight excluding hydrogens is 218 g/mol. The van der Waals surface area contributed by atoms with Crippen molar-refractivity contribution in [2.24, 2.45) is 0 Å². The fraction of sp³-hybridized carbons (Fsp3) is 0.250. The second-order valence-corrected chi connectivity index (χ2v) is 4.73. The molecule has 1 aromatic carbocycles. The van der Waals surface area contributed by atoms with Crippen molar-refractivity contribution >= 4 is 17.0 Å². The molecule has 2 rings (SSSR count). The number of rotatable bonds is 4. The van der Waals surface area contributed by atoms with Gasteiger partial charge >= 0.3 is 0 Å². The lowest BCUT2D eigenvalue weighted by atomic mass is 10.1. The van der Waals surface area contributed by atoms with E-state index in [4.69, 9.17) is 5.73 Å². The number of nitrogen functional groups attached to an aromatic ring is 1. The molecule has 0 saturated heterocycles. The van der Waals surface area contributed by atoms with Crippen molar-refractivity contribution in [3.63, 3.8) is 0 Å². The zero-order chi connectivity index (χ0) is 11.4. The SMILES string of the molecule is Cc1cc(CNCc2cncs2)ccc1N. The highest BCUT2D eigenvalue weighted by Gasteiger charge is 1.98. The fourth-order valence-electron chi connectivity index (χ4n) is 1.51. The quantitative estimate of drug-likeness (QED) is 0.797. The van der Waals surface area contributed by atoms with Gasteiger partial charge in [-0.3, -0.25) is 4.98 Å². The summed E-state index contributed by atoms with van der Waals surface area (Å²) in [5, 5.41) is 3.38. The number of benzene rings is 1. The molecule has 0 aliphatic rings. The summed E-state index contributed by atoms with van der Waals surface area (Å²) < 4.78 is 0. The molecule has 0 unspecified atom stereocenters. The second-order valence-electron chi connectivity index (χ2n) is 3.76. The van der Waals surface area contributed by atoms with E-state index in [1.54, 1.807) is 11.3 Å². The van der Waals surface area contributed by atoms with Crippen molar-refractivity contribution in [2.75, 3.05) is 5.73 Å². The Labute approximate surface area is 99.3 Å². The van der Waals surface area contributed by atoms with E-state index >= 15 is 0 Å². The molecule has 0 saturated carbocycles. The maximum atomic E-state index is 5.77. The summed E-state index contributed by atoms with van der Waals surface area (Å²) in [6, 6.07) is 6.13. The number of aromatic nitrogens is 1. The zero-order valence-electron chi connectivity index (χ0n) is 9.23. The number of anilines is 1. The number of nitrogens with two attached hydrogens (primary N) is 1. The highest BCUT2D eigenvalue weighted by atomic mass is 32.1. The molecule has 0 aliphatic heterocycles. The van der Waals surface area contributed by atoms with E-state index in [1.807, 2.05) is 24.7 Å². The molecule has 0 fully saturated rings. The maximum Gasteiger partial charge on any atom is 0.0794 e. The molecule has 3 N–H and O–H groups in total. The van der Waals surface area contributed by atoms with Crippen LogP contribution in [0.3, 0.4) is 0 Å². The zero-order valence-corrected chi connectivity index (χ0v) is 10.1. The highest BCUT2D eigenvalue weighted by Crippen LogP contribution is 2.12. The van der Waals surface area contributed by atoms with Crippen LogP contribution in [0.4, 0.5) is 5.69 Å². The van der Waals surface area contributed by atoms with Crippen LogP contribution >= 0.6 is 11.3 Å². The monoisotopic (exact) mass is 233 g/mol. The van der Waals surface area contributed by atoms with Gasteiger partial charge in [0, 0.05) is 29.9 Å². The first-order chi connectivity index (χ1) is 7.75. The highest BCUT2D eigenvalue weighted by molar-refractivity contribution is 7.09. The third-order valence-corrected chi connectivity index (χ3v) is 3.23. The summed E-state index contributed by atoms with van der Waals surface area (Å²) in [7, 11) is 0. The van der Waals surface area contributed by atoms with Crippen LogP contribution in [-0.2, 0) is 13.1 Å². The fourth-order valence-corrected chi connectivity index (χ4v) is 2.07. The summed E-state index contributed by atoms with van der Waals surface area (Å²) in [6.45, 7) is 3.76. The summed E-state index contributed by atoms with van der Waals surface area (Å²) in [4.78, 5) is 5.29. The van der Waals surface area contributed by atoms with Crippen molar-refractivity contribution in [2.45, 2.75) is 20.0 Å². The van der Waals surface area contributed by atoms with Crippen LogP contribution in [0, 0.1) is 6.92 Å². The molecule has 1 heterocycles. The van der Waals surface area contributed by atoms with Gasteiger partial charge in [0.15, 0.2) is 0 Å². The van der Waals surface area contributed by atoms with Crippen LogP contribution < -0.4 is 11.1 Å². The number of hydrogen-bond donors (Lipinski definition) is 2. The minimum absolute atomic E-state index is 0.853. The molecule has 3 nitrogen and oxygen atoms in total. The standard InChI is InChI=1S/C12H15N3S/c1-9-4-10(2-3-12(9)13)5-14-6-11-7-15-8-16-11/h2-4,7-8,14H,5-6,13H2,1H3. The normalized spacial score (nSPS) is 10.6. The van der Waals surface area contributed by atoms with E-state index in [2.05, 4.69) is 22.4 Å². The van der Waals surface area contributed by atoms with Gasteiger partial charge in [-0.15, -0.1) is 11.3 Å². The van der Waals surface area contributed by atoms with E-state index in [0.717, 1.165) is 24.3 Å². The van der Waals surface area contributed by atoms with E-state index in [1.165, 1.54) is 10.4 Å². The first kappa shape index (κ1) is 11.1. The van der Waals surface area contributed by atoms with Crippen LogP contribution in [0.2, 0.25) is 0 Å². The van der Waals surface area contributed by atoms with Crippen LogP contribution in [0.1, 0.15) is 16.0 Å². The maximum absolute atomic E-state index is 5.77. The Balaban J connectivity index is 1.87. The van der Waals surface area contributed by atoms with Gasteiger partial charge in [0.1, 0.15) is 0 Å². The van der Waals surface area contributed by atoms with Crippen molar-refractivity contribution in [1.29, 1.82) is 0 Å². The van der Waals surface area contributed by atoms with E-state index in [9.17, 15) is 0 Å². The molecule has 0 atom stereocenters. The first-order valence-electron chi connectivity index (χ1n) is 5.19. The summed E-state index contributed by atoms with van der Waals surface area (Å²) in [5.41, 5.74) is 10.9. The Morgan fingerprint density at radius 2 is 2.25 bits per heavy atom. The van der Waals surface area contributed by atoms with E-state index < -0.39 is 0 Å². The van der Waals surface area contributed by atoms with Crippen molar-refractivity contribution in [1.82, 2.24) is 10.3 Å². The molecule has 84 valence electrons. The summed E-state index contributed by atoms with van der Waals surface area (Å²) in [5.74, 6) is 0. The second kappa shape index (κ2) is 5.09. The lowest BCUT2D eigenvalue weighted by molar-refractivity contribution is 0.699. The molecule has 4 heteroatoms. The molecule has 16 heavy (non-hydrogen) atoms. The van der Waals surface area contributed by atoms with Crippen LogP contribution in [0.15, 0.2) is 29.9 Å². The lowest BCUT2D eigenvalue weighted by Gasteiger charge is -2.06. The number of aryl methyl sites for hydroxylation is 1. The molecule has 0 spiro atoms. The Hall–Kier alpha value is -1.39. The summed E-state index contributed by atoms with van der Waals surface area (Å²) >= 11 is 1.67. The molecular formula is C12H15N3S. The van der Waals surface area contributed by atoms with Crippen molar-refractivity contribution in [3.8, 4) is 0 Å². The van der Waals surface area contributed by atoms with Crippen LogP contribution in [-0.4, -0.2) is 4.98 Å². The smallest absolute Gasteiger partial charge is 0.0794 e. The van der Waals surface area contributed by atoms with Gasteiger partial charge in [-0.25, -0.2) is 0 Å². The largest absolute Gasteiger partial charge is 0.399 e. The topological polar surface area (TPSA) is 50.9 Å². The molecule has 0 aliphatic carbocycles. The van der Waals surface area contributed by atoms with Gasteiger partial charge < -0.3 is 11.1 Å². The summed E-state index contributed by atoms with van der Waals surface area (Å²) in [6.07, 6.45) is 1.89. The first-order valence-corrected chi connectivity index (χ1v) is 6.07. The Morgan fingerprint density at radius 1 is 1.38 bits per heavy atom. The number of nitrogens with zero attached hydrogens (tertiary/aromatic N) is 1. The van der Waals surface area contributed by atoms with E-state index in [-0.39, 0.29) is 0 Å². The third kappa shape index (κ3) is 2.81. The average Bonchev–Trinajstić information content (AvgIpc) is 2.76. The van der Waals surface area contributed by atoms with E-state index in [0.29, 0.717) is 0 Å². The predicted molar refractivity (Wildman–Crippen MR) is 68.2 cm³/mol. The Kier molecular flexibility index (Phi) is 3.54. The van der Waals surface area contributed by atoms with Gasteiger partial charge in [0.2, 0.25) is 0 Å². The lowest BCUT2D eigenvalue weighted by Crippen LogP contribution is -2.11. The average molecular weight is 233 g/mol. The molecule has 0 bridgehead atoms. The molecule has 2 aromatic rings. The number of hydrogen-bond acceptors (Lipinski definition) is 4. The Morgan fingerprint density at radius 3 is 2.94 bits per heavy atom. The Bertz CT molecular complexity index is 451. The number of nitrogens with one attached hydrogen (secondary N) is 1. The third-order valence-electron chi connectivity index (χ3n) is 2.45. The van der Waals surface area contributed by atoms with Crippen LogP contribution in [0.25, 0.3) is 0 Å². The van der Waals surface area contributed by atoms with Crippen molar-refractivity contribution < 1.29 is 0 Å². The molecule has 1 aromatic heterocycles. The van der Waals surface area contributed by atoms with Gasteiger partial charge in [0.05, 0.1) is 5.51 Å². The van der Waals surface area contributed by atoms with Gasteiger partial charge in [-0.05, 0) is 24.1 Å². The number of thiazole rings is 1. The van der Waals surface area contributed by atoms with Gasteiger partial charge in [-0.2, -0.15) is 0 Å². The molecule has 0 radical (unpaired) electrons. The minimum Gasteiger partial charge on any atom is -0.399 e. The van der Waals surface area contributed by atoms with Crippen LogP contribution in [0.5, 0.6) is 0 Å². The predicted octanol–water partition coefficient (Wildman–Crippen LogP) is 2.32. The van der Waals surface area contributed by atoms with Gasteiger partial charge in [0.25, 0.3) is 0 Å². The van der Waals surface area contributed by atoms with Crippen molar-refractivity contribution in [3.05, 3.63) is 45.9 Å².